The molecule has 2 amide bonds. The van der Waals surface area contributed by atoms with Gasteiger partial charge in [0, 0.05) is 29.6 Å². The number of hydrogen-bond donors (Lipinski definition) is 2. The summed E-state index contributed by atoms with van der Waals surface area (Å²) in [5.41, 5.74) is 0.535. The number of rotatable bonds is 5. The summed E-state index contributed by atoms with van der Waals surface area (Å²) in [6.07, 6.45) is 4.34. The maximum absolute atomic E-state index is 12.5. The molecule has 0 spiro atoms. The standard InChI is InChI=1S/C23H31N3O3/c1-23(2,3)25-21(27)14-26-17-8-9-18(26)11-15(10-17)13-24-22(28)20-12-16-6-4-5-7-19(16)29-20/h4-7,12,15,17-18H,8-11,13-14H2,1-3H3,(H,24,28)(H,25,27). The molecule has 2 bridgehead atoms. The van der Waals surface area contributed by atoms with Crippen LogP contribution in [0.5, 0.6) is 0 Å². The number of hydrogen-bond acceptors (Lipinski definition) is 4. The Balaban J connectivity index is 1.30. The molecule has 0 saturated carbocycles. The van der Waals surface area contributed by atoms with Gasteiger partial charge < -0.3 is 15.1 Å². The van der Waals surface area contributed by atoms with Gasteiger partial charge in [0.15, 0.2) is 5.76 Å². The molecule has 2 saturated heterocycles. The first kappa shape index (κ1) is 20.0. The lowest BCUT2D eigenvalue weighted by atomic mass is 9.90. The van der Waals surface area contributed by atoms with Gasteiger partial charge in [-0.25, -0.2) is 0 Å². The highest BCUT2D eigenvalue weighted by atomic mass is 16.3. The van der Waals surface area contributed by atoms with E-state index in [0.717, 1.165) is 36.7 Å². The van der Waals surface area contributed by atoms with E-state index in [2.05, 4.69) is 15.5 Å². The summed E-state index contributed by atoms with van der Waals surface area (Å²) in [5.74, 6) is 0.764. The van der Waals surface area contributed by atoms with Crippen molar-refractivity contribution >= 4 is 22.8 Å². The van der Waals surface area contributed by atoms with Crippen LogP contribution in [0.1, 0.15) is 57.0 Å². The van der Waals surface area contributed by atoms with Gasteiger partial charge in [-0.15, -0.1) is 0 Å². The summed E-state index contributed by atoms with van der Waals surface area (Å²) in [6.45, 7) is 7.17. The molecule has 1 aromatic carbocycles. The Bertz CT molecular complexity index is 851. The maximum atomic E-state index is 12.5. The number of piperidine rings is 1. The normalized spacial score (nSPS) is 24.6. The summed E-state index contributed by atoms with van der Waals surface area (Å²) in [6, 6.07) is 10.3. The van der Waals surface area contributed by atoms with E-state index in [4.69, 9.17) is 4.42 Å². The van der Waals surface area contributed by atoms with Gasteiger partial charge in [-0.3, -0.25) is 14.5 Å². The lowest BCUT2D eigenvalue weighted by Crippen LogP contribution is -2.51. The molecule has 29 heavy (non-hydrogen) atoms. The fraction of sp³-hybridized carbons (Fsp3) is 0.565. The lowest BCUT2D eigenvalue weighted by molar-refractivity contribution is -0.125. The second-order valence-electron chi connectivity index (χ2n) is 9.55. The van der Waals surface area contributed by atoms with Crippen LogP contribution in [-0.4, -0.2) is 47.4 Å². The highest BCUT2D eigenvalue weighted by molar-refractivity contribution is 5.96. The second kappa shape index (κ2) is 7.82. The third kappa shape index (κ3) is 4.64. The van der Waals surface area contributed by atoms with Gasteiger partial charge in [0.05, 0.1) is 6.54 Å². The van der Waals surface area contributed by atoms with Gasteiger partial charge in [-0.2, -0.15) is 0 Å². The average molecular weight is 398 g/mol. The Morgan fingerprint density at radius 2 is 1.83 bits per heavy atom. The molecule has 0 radical (unpaired) electrons. The van der Waals surface area contributed by atoms with Crippen LogP contribution >= 0.6 is 0 Å². The van der Waals surface area contributed by atoms with Crippen LogP contribution in [0.15, 0.2) is 34.7 Å². The maximum Gasteiger partial charge on any atom is 0.287 e. The molecule has 2 unspecified atom stereocenters. The van der Waals surface area contributed by atoms with Crippen LogP contribution in [0.25, 0.3) is 11.0 Å². The third-order valence-electron chi connectivity index (χ3n) is 6.02. The lowest BCUT2D eigenvalue weighted by Gasteiger charge is -2.39. The molecule has 2 aromatic rings. The van der Waals surface area contributed by atoms with E-state index >= 15 is 0 Å². The number of furan rings is 1. The topological polar surface area (TPSA) is 74.6 Å². The van der Waals surface area contributed by atoms with Crippen LogP contribution in [-0.2, 0) is 4.79 Å². The monoisotopic (exact) mass is 397 g/mol. The summed E-state index contributed by atoms with van der Waals surface area (Å²) in [5, 5.41) is 7.06. The van der Waals surface area contributed by atoms with E-state index in [9.17, 15) is 9.59 Å². The summed E-state index contributed by atoms with van der Waals surface area (Å²) in [7, 11) is 0. The van der Waals surface area contributed by atoms with E-state index in [1.807, 2.05) is 45.0 Å². The number of benzene rings is 1. The zero-order valence-electron chi connectivity index (χ0n) is 17.5. The van der Waals surface area contributed by atoms with Gasteiger partial charge >= 0.3 is 0 Å². The largest absolute Gasteiger partial charge is 0.451 e. The van der Waals surface area contributed by atoms with Gasteiger partial charge in [0.2, 0.25) is 5.91 Å². The Hall–Kier alpha value is -2.34. The Morgan fingerprint density at radius 1 is 1.14 bits per heavy atom. The zero-order valence-corrected chi connectivity index (χ0v) is 17.5. The molecule has 156 valence electrons. The molecule has 2 N–H and O–H groups in total. The van der Waals surface area contributed by atoms with Crippen molar-refractivity contribution in [3.8, 4) is 0 Å². The van der Waals surface area contributed by atoms with Gasteiger partial charge in [-0.05, 0) is 64.5 Å². The molecule has 2 aliphatic rings. The molecular formula is C23H31N3O3. The quantitative estimate of drug-likeness (QED) is 0.812. The first-order chi connectivity index (χ1) is 13.8. The molecule has 2 aliphatic heterocycles. The van der Waals surface area contributed by atoms with E-state index in [1.165, 1.54) is 0 Å². The molecular weight excluding hydrogens is 366 g/mol. The van der Waals surface area contributed by atoms with Gasteiger partial charge in [0.25, 0.3) is 5.91 Å². The predicted molar refractivity (Wildman–Crippen MR) is 113 cm³/mol. The van der Waals surface area contributed by atoms with Crippen LogP contribution in [0.3, 0.4) is 0 Å². The number of carbonyl (C=O) groups is 2. The molecule has 6 nitrogen and oxygen atoms in total. The number of nitrogens with zero attached hydrogens (tertiary/aromatic N) is 1. The highest BCUT2D eigenvalue weighted by Gasteiger charge is 2.41. The Labute approximate surface area is 172 Å². The van der Waals surface area contributed by atoms with Crippen molar-refractivity contribution in [1.82, 2.24) is 15.5 Å². The average Bonchev–Trinajstić information content (AvgIpc) is 3.16. The number of amides is 2. The van der Waals surface area contributed by atoms with Crippen LogP contribution in [0.4, 0.5) is 0 Å². The first-order valence-electron chi connectivity index (χ1n) is 10.6. The van der Waals surface area contributed by atoms with E-state index in [0.29, 0.717) is 36.9 Å². The fourth-order valence-electron chi connectivity index (χ4n) is 4.85. The first-order valence-corrected chi connectivity index (χ1v) is 10.6. The van der Waals surface area contributed by atoms with E-state index in [1.54, 1.807) is 6.07 Å². The van der Waals surface area contributed by atoms with E-state index < -0.39 is 0 Å². The predicted octanol–water partition coefficient (Wildman–Crippen LogP) is 3.32. The van der Waals surface area contributed by atoms with Gasteiger partial charge in [-0.1, -0.05) is 18.2 Å². The zero-order chi connectivity index (χ0) is 20.6. The SMILES string of the molecule is CC(C)(C)NC(=O)CN1C2CCC1CC(CNC(=O)c1cc3ccccc3o1)C2. The minimum Gasteiger partial charge on any atom is -0.451 e. The third-order valence-corrected chi connectivity index (χ3v) is 6.02. The van der Waals surface area contributed by atoms with Crippen molar-refractivity contribution in [1.29, 1.82) is 0 Å². The molecule has 2 fully saturated rings. The Kier molecular flexibility index (Phi) is 5.38. The van der Waals surface area contributed by atoms with Crippen LogP contribution in [0, 0.1) is 5.92 Å². The fourth-order valence-corrected chi connectivity index (χ4v) is 4.85. The van der Waals surface area contributed by atoms with Crippen LogP contribution < -0.4 is 10.6 Å². The molecule has 0 aliphatic carbocycles. The number of nitrogens with one attached hydrogen (secondary N) is 2. The van der Waals surface area contributed by atoms with Crippen molar-refractivity contribution in [3.05, 3.63) is 36.1 Å². The smallest absolute Gasteiger partial charge is 0.287 e. The number of fused-ring (bicyclic) bond motifs is 3. The van der Waals surface area contributed by atoms with Crippen molar-refractivity contribution in [2.24, 2.45) is 5.92 Å². The number of para-hydroxylation sites is 1. The molecule has 1 aromatic heterocycles. The molecule has 6 heteroatoms. The Morgan fingerprint density at radius 3 is 2.48 bits per heavy atom. The van der Waals surface area contributed by atoms with E-state index in [-0.39, 0.29) is 17.4 Å². The molecule has 3 heterocycles. The summed E-state index contributed by atoms with van der Waals surface area (Å²) >= 11 is 0. The molecule has 2 atom stereocenters. The van der Waals surface area contributed by atoms with Crippen molar-refractivity contribution in [2.75, 3.05) is 13.1 Å². The van der Waals surface area contributed by atoms with Gasteiger partial charge in [0.1, 0.15) is 5.58 Å². The highest BCUT2D eigenvalue weighted by Crippen LogP contribution is 2.38. The number of carbonyl (C=O) groups excluding carboxylic acids is 2. The molecule has 4 rings (SSSR count). The minimum absolute atomic E-state index is 0.103. The second-order valence-corrected chi connectivity index (χ2v) is 9.55. The summed E-state index contributed by atoms with van der Waals surface area (Å²) < 4.78 is 5.66. The van der Waals surface area contributed by atoms with Crippen molar-refractivity contribution < 1.29 is 14.0 Å². The van der Waals surface area contributed by atoms with Crippen LogP contribution in [0.2, 0.25) is 0 Å². The summed E-state index contributed by atoms with van der Waals surface area (Å²) in [4.78, 5) is 27.2. The minimum atomic E-state index is -0.199. The van der Waals surface area contributed by atoms with Crippen molar-refractivity contribution in [2.45, 2.75) is 64.1 Å². The van der Waals surface area contributed by atoms with Crippen molar-refractivity contribution in [3.63, 3.8) is 0 Å².